The molecule has 0 spiro atoms. The van der Waals surface area contributed by atoms with Gasteiger partial charge in [-0.25, -0.2) is 0 Å². The molecular weight excluding hydrogens is 334 g/mol. The third kappa shape index (κ3) is 7.16. The van der Waals surface area contributed by atoms with E-state index < -0.39 is 6.04 Å². The molecule has 0 bridgehead atoms. The Hall–Kier alpha value is -1.83. The zero-order chi connectivity index (χ0) is 17.2. The molecule has 0 saturated heterocycles. The molecule has 24 heavy (non-hydrogen) atoms. The van der Waals surface area contributed by atoms with E-state index >= 15 is 0 Å². The normalized spacial score (nSPS) is 11.2. The number of carbonyl (C=O) groups is 2. The molecule has 7 nitrogen and oxygen atoms in total. The lowest BCUT2D eigenvalue weighted by atomic mass is 10.2. The van der Waals surface area contributed by atoms with Crippen LogP contribution in [-0.4, -0.2) is 56.2 Å². The third-order valence-corrected chi connectivity index (χ3v) is 3.26. The second-order valence-corrected chi connectivity index (χ2v) is 4.93. The number of ether oxygens (including phenoxy) is 2. The number of likely N-dealkylation sites (N-methyl/N-ethyl adjacent to an activating group) is 1. The Labute approximate surface area is 148 Å². The first-order valence-electron chi connectivity index (χ1n) is 7.57. The van der Waals surface area contributed by atoms with E-state index in [0.29, 0.717) is 24.5 Å². The van der Waals surface area contributed by atoms with Crippen LogP contribution in [0.1, 0.15) is 13.8 Å². The molecule has 1 atom stereocenters. The summed E-state index contributed by atoms with van der Waals surface area (Å²) in [6.07, 6.45) is 0. The smallest absolute Gasteiger partial charge is 0.260 e. The highest BCUT2D eigenvalue weighted by Gasteiger charge is 2.14. The number of hydrogen-bond acceptors (Lipinski definition) is 5. The standard InChI is InChI=1S/C16H25N3O4.ClH/c1-4-19(5-2)15(20)11-23-13-8-6-7-12(9-13)18-16(21)14(17)10-22-3;/h6-9,14H,4-5,10-11,17H2,1-3H3,(H,18,21);1H. The van der Waals surface area contributed by atoms with Crippen LogP contribution in [0.2, 0.25) is 0 Å². The van der Waals surface area contributed by atoms with Crippen molar-refractivity contribution in [2.24, 2.45) is 5.73 Å². The monoisotopic (exact) mass is 359 g/mol. The number of methoxy groups -OCH3 is 1. The topological polar surface area (TPSA) is 93.9 Å². The Morgan fingerprint density at radius 3 is 2.54 bits per heavy atom. The fourth-order valence-corrected chi connectivity index (χ4v) is 1.97. The molecule has 1 aromatic rings. The van der Waals surface area contributed by atoms with Crippen LogP contribution in [0.15, 0.2) is 24.3 Å². The number of carbonyl (C=O) groups excluding carboxylic acids is 2. The van der Waals surface area contributed by atoms with Gasteiger partial charge in [0, 0.05) is 32.0 Å². The summed E-state index contributed by atoms with van der Waals surface area (Å²) in [4.78, 5) is 25.4. The van der Waals surface area contributed by atoms with Gasteiger partial charge in [0.05, 0.1) is 6.61 Å². The second-order valence-electron chi connectivity index (χ2n) is 4.93. The maximum absolute atomic E-state index is 11.9. The van der Waals surface area contributed by atoms with Gasteiger partial charge in [0.2, 0.25) is 5.91 Å². The van der Waals surface area contributed by atoms with E-state index in [2.05, 4.69) is 5.32 Å². The van der Waals surface area contributed by atoms with Crippen molar-refractivity contribution in [1.29, 1.82) is 0 Å². The van der Waals surface area contributed by atoms with E-state index in [-0.39, 0.29) is 37.4 Å². The molecule has 0 aliphatic rings. The van der Waals surface area contributed by atoms with Crippen molar-refractivity contribution < 1.29 is 19.1 Å². The van der Waals surface area contributed by atoms with Crippen LogP contribution in [0.4, 0.5) is 5.69 Å². The SMILES string of the molecule is CCN(CC)C(=O)COc1cccc(NC(=O)C(N)COC)c1.Cl. The highest BCUT2D eigenvalue weighted by molar-refractivity contribution is 5.94. The Morgan fingerprint density at radius 1 is 1.29 bits per heavy atom. The molecule has 2 amide bonds. The van der Waals surface area contributed by atoms with Gasteiger partial charge in [-0.05, 0) is 26.0 Å². The largest absolute Gasteiger partial charge is 0.484 e. The Morgan fingerprint density at radius 2 is 1.96 bits per heavy atom. The van der Waals surface area contributed by atoms with Crippen molar-refractivity contribution in [3.63, 3.8) is 0 Å². The maximum atomic E-state index is 11.9. The van der Waals surface area contributed by atoms with Crippen molar-refractivity contribution in [2.75, 3.05) is 38.7 Å². The summed E-state index contributed by atoms with van der Waals surface area (Å²) in [5, 5.41) is 2.68. The quantitative estimate of drug-likeness (QED) is 0.692. The molecule has 0 aliphatic carbocycles. The molecule has 0 aliphatic heterocycles. The average Bonchev–Trinajstić information content (AvgIpc) is 2.54. The predicted molar refractivity (Wildman–Crippen MR) is 95.6 cm³/mol. The molecule has 1 rings (SSSR count). The molecule has 8 heteroatoms. The first-order valence-corrected chi connectivity index (χ1v) is 7.57. The van der Waals surface area contributed by atoms with Crippen LogP contribution in [0, 0.1) is 0 Å². The molecule has 0 radical (unpaired) electrons. The first-order chi connectivity index (χ1) is 11.0. The van der Waals surface area contributed by atoms with E-state index in [1.54, 1.807) is 29.2 Å². The van der Waals surface area contributed by atoms with E-state index in [1.807, 2.05) is 13.8 Å². The van der Waals surface area contributed by atoms with Crippen LogP contribution < -0.4 is 15.8 Å². The van der Waals surface area contributed by atoms with Crippen molar-refractivity contribution in [1.82, 2.24) is 4.90 Å². The zero-order valence-corrected chi connectivity index (χ0v) is 15.1. The van der Waals surface area contributed by atoms with Gasteiger partial charge in [-0.2, -0.15) is 0 Å². The predicted octanol–water partition coefficient (Wildman–Crippen LogP) is 1.27. The second kappa shape index (κ2) is 11.7. The van der Waals surface area contributed by atoms with Crippen LogP contribution in [0.5, 0.6) is 5.75 Å². The van der Waals surface area contributed by atoms with Crippen LogP contribution in [0.25, 0.3) is 0 Å². The molecule has 0 saturated carbocycles. The number of nitrogens with two attached hydrogens (primary N) is 1. The van der Waals surface area contributed by atoms with E-state index in [9.17, 15) is 9.59 Å². The summed E-state index contributed by atoms with van der Waals surface area (Å²) in [5.74, 6) is 0.0818. The zero-order valence-electron chi connectivity index (χ0n) is 14.3. The average molecular weight is 360 g/mol. The lowest BCUT2D eigenvalue weighted by Crippen LogP contribution is -2.39. The number of amides is 2. The van der Waals surface area contributed by atoms with E-state index in [0.717, 1.165) is 0 Å². The molecule has 1 unspecified atom stereocenters. The summed E-state index contributed by atoms with van der Waals surface area (Å²) in [6, 6.07) is 6.08. The summed E-state index contributed by atoms with van der Waals surface area (Å²) in [5.41, 5.74) is 6.21. The molecular formula is C16H26ClN3O4. The number of nitrogens with one attached hydrogen (secondary N) is 1. The highest BCUT2D eigenvalue weighted by Crippen LogP contribution is 2.17. The molecule has 0 aromatic heterocycles. The lowest BCUT2D eigenvalue weighted by Gasteiger charge is -2.18. The Balaban J connectivity index is 0.00000529. The molecule has 1 aromatic carbocycles. The summed E-state index contributed by atoms with van der Waals surface area (Å²) in [7, 11) is 1.48. The number of rotatable bonds is 9. The lowest BCUT2D eigenvalue weighted by molar-refractivity contribution is -0.133. The van der Waals surface area contributed by atoms with Gasteiger partial charge >= 0.3 is 0 Å². The Kier molecular flexibility index (Phi) is 10.8. The maximum Gasteiger partial charge on any atom is 0.260 e. The first kappa shape index (κ1) is 22.2. The number of nitrogens with zero attached hydrogens (tertiary/aromatic N) is 1. The summed E-state index contributed by atoms with van der Waals surface area (Å²) < 4.78 is 10.3. The van der Waals surface area contributed by atoms with Crippen LogP contribution in [0.3, 0.4) is 0 Å². The minimum Gasteiger partial charge on any atom is -0.484 e. The van der Waals surface area contributed by atoms with Crippen molar-refractivity contribution >= 4 is 29.9 Å². The number of benzene rings is 1. The van der Waals surface area contributed by atoms with Gasteiger partial charge in [0.1, 0.15) is 11.8 Å². The minimum atomic E-state index is -0.742. The van der Waals surface area contributed by atoms with Gasteiger partial charge in [0.15, 0.2) is 6.61 Å². The highest BCUT2D eigenvalue weighted by atomic mass is 35.5. The van der Waals surface area contributed by atoms with E-state index in [4.69, 9.17) is 15.2 Å². The van der Waals surface area contributed by atoms with Gasteiger partial charge in [-0.1, -0.05) is 6.07 Å². The third-order valence-electron chi connectivity index (χ3n) is 3.26. The van der Waals surface area contributed by atoms with Crippen molar-refractivity contribution in [3.8, 4) is 5.75 Å². The number of anilines is 1. The Bertz CT molecular complexity index is 524. The number of halogens is 1. The van der Waals surface area contributed by atoms with E-state index in [1.165, 1.54) is 7.11 Å². The molecule has 0 fully saturated rings. The van der Waals surface area contributed by atoms with Gasteiger partial charge < -0.3 is 25.4 Å². The van der Waals surface area contributed by atoms with Crippen molar-refractivity contribution in [2.45, 2.75) is 19.9 Å². The van der Waals surface area contributed by atoms with Gasteiger partial charge in [-0.3, -0.25) is 9.59 Å². The minimum absolute atomic E-state index is 0. The van der Waals surface area contributed by atoms with Crippen molar-refractivity contribution in [3.05, 3.63) is 24.3 Å². The molecule has 3 N–H and O–H groups in total. The summed E-state index contributed by atoms with van der Waals surface area (Å²) in [6.45, 7) is 5.22. The fourth-order valence-electron chi connectivity index (χ4n) is 1.97. The molecule has 136 valence electrons. The fraction of sp³-hybridized carbons (Fsp3) is 0.500. The molecule has 0 heterocycles. The van der Waals surface area contributed by atoms with Crippen LogP contribution in [-0.2, 0) is 14.3 Å². The van der Waals surface area contributed by atoms with Gasteiger partial charge in [-0.15, -0.1) is 12.4 Å². The van der Waals surface area contributed by atoms with Gasteiger partial charge in [0.25, 0.3) is 5.91 Å². The number of hydrogen-bond donors (Lipinski definition) is 2. The van der Waals surface area contributed by atoms with Crippen LogP contribution >= 0.6 is 12.4 Å². The summed E-state index contributed by atoms with van der Waals surface area (Å²) >= 11 is 0.